The van der Waals surface area contributed by atoms with E-state index < -0.39 is 0 Å². The summed E-state index contributed by atoms with van der Waals surface area (Å²) in [6, 6.07) is 4.14. The number of nitrogens with one attached hydrogen (secondary N) is 1. The molecule has 1 spiro atoms. The van der Waals surface area contributed by atoms with E-state index in [0.717, 1.165) is 17.5 Å². The van der Waals surface area contributed by atoms with Crippen LogP contribution in [0.25, 0.3) is 0 Å². The van der Waals surface area contributed by atoms with Gasteiger partial charge in [-0.15, -0.1) is 0 Å². The molecule has 19 heavy (non-hydrogen) atoms. The van der Waals surface area contributed by atoms with Gasteiger partial charge in [0.05, 0.1) is 12.3 Å². The highest BCUT2D eigenvalue weighted by Gasteiger charge is 2.35. The van der Waals surface area contributed by atoms with Crippen LogP contribution in [0.2, 0.25) is 0 Å². The lowest BCUT2D eigenvalue weighted by Crippen LogP contribution is -2.37. The number of hydrogen-bond donors (Lipinski definition) is 1. The number of hydrogen-bond acceptors (Lipinski definition) is 4. The molecule has 1 aliphatic carbocycles. The zero-order chi connectivity index (χ0) is 13.1. The van der Waals surface area contributed by atoms with Crippen molar-refractivity contribution in [2.24, 2.45) is 10.4 Å². The van der Waals surface area contributed by atoms with Gasteiger partial charge in [-0.3, -0.25) is 4.99 Å². The van der Waals surface area contributed by atoms with Crippen LogP contribution in [0.3, 0.4) is 0 Å². The minimum atomic E-state index is 0.196. The number of thioether (sulfide) groups is 1. The Labute approximate surface area is 119 Å². The monoisotopic (exact) mass is 278 g/mol. The minimum Gasteiger partial charge on any atom is -0.467 e. The molecule has 0 radical (unpaired) electrons. The van der Waals surface area contributed by atoms with Crippen LogP contribution in [0.5, 0.6) is 0 Å². The quantitative estimate of drug-likeness (QED) is 0.889. The maximum atomic E-state index is 5.42. The SMILES string of the molecule is CC(NC1=NCC2(CCCCC2)CS1)c1ccco1. The standard InChI is InChI=1S/C15H22N2OS/c1-12(13-6-5-9-18-13)17-14-16-10-15(11-19-14)7-3-2-4-8-15/h5-6,9,12H,2-4,7-8,10-11H2,1H3,(H,16,17). The molecule has 1 N–H and O–H groups in total. The molecular formula is C15H22N2OS. The van der Waals surface area contributed by atoms with Crippen LogP contribution >= 0.6 is 11.8 Å². The second-order valence-corrected chi connectivity index (χ2v) is 6.82. The highest BCUT2D eigenvalue weighted by Crippen LogP contribution is 2.41. The summed E-state index contributed by atoms with van der Waals surface area (Å²) in [4.78, 5) is 4.78. The Kier molecular flexibility index (Phi) is 3.87. The Balaban J connectivity index is 1.59. The van der Waals surface area contributed by atoms with Crippen molar-refractivity contribution in [1.82, 2.24) is 5.32 Å². The zero-order valence-electron chi connectivity index (χ0n) is 11.5. The second kappa shape index (κ2) is 5.61. The predicted octanol–water partition coefficient (Wildman–Crippen LogP) is 3.98. The number of amidine groups is 1. The summed E-state index contributed by atoms with van der Waals surface area (Å²) in [5.41, 5.74) is 0.502. The average molecular weight is 278 g/mol. The maximum Gasteiger partial charge on any atom is 0.157 e. The summed E-state index contributed by atoms with van der Waals surface area (Å²) in [5, 5.41) is 4.55. The van der Waals surface area contributed by atoms with Gasteiger partial charge < -0.3 is 9.73 Å². The lowest BCUT2D eigenvalue weighted by Gasteiger charge is -2.38. The first-order valence-electron chi connectivity index (χ1n) is 7.25. The normalized spacial score (nSPS) is 23.9. The van der Waals surface area contributed by atoms with Crippen molar-refractivity contribution in [2.45, 2.75) is 45.1 Å². The Bertz CT molecular complexity index is 435. The van der Waals surface area contributed by atoms with E-state index in [2.05, 4.69) is 12.2 Å². The highest BCUT2D eigenvalue weighted by molar-refractivity contribution is 8.13. The fourth-order valence-electron chi connectivity index (χ4n) is 3.04. The van der Waals surface area contributed by atoms with Crippen LogP contribution in [0.15, 0.2) is 27.8 Å². The van der Waals surface area contributed by atoms with Gasteiger partial charge in [0.25, 0.3) is 0 Å². The molecule has 0 aromatic carbocycles. The molecule has 1 fully saturated rings. The van der Waals surface area contributed by atoms with Crippen LogP contribution < -0.4 is 5.32 Å². The van der Waals surface area contributed by atoms with Crippen molar-refractivity contribution in [3.05, 3.63) is 24.2 Å². The molecule has 0 saturated heterocycles. The van der Waals surface area contributed by atoms with Crippen molar-refractivity contribution < 1.29 is 4.42 Å². The van der Waals surface area contributed by atoms with Gasteiger partial charge in [0.2, 0.25) is 0 Å². The minimum absolute atomic E-state index is 0.196. The van der Waals surface area contributed by atoms with Gasteiger partial charge in [0.1, 0.15) is 5.76 Å². The highest BCUT2D eigenvalue weighted by atomic mass is 32.2. The predicted molar refractivity (Wildman–Crippen MR) is 80.5 cm³/mol. The number of rotatable bonds is 2. The molecule has 3 nitrogen and oxygen atoms in total. The van der Waals surface area contributed by atoms with Gasteiger partial charge in [0, 0.05) is 12.3 Å². The van der Waals surface area contributed by atoms with Crippen LogP contribution in [0.4, 0.5) is 0 Å². The van der Waals surface area contributed by atoms with Gasteiger partial charge in [-0.05, 0) is 37.3 Å². The second-order valence-electron chi connectivity index (χ2n) is 5.85. The summed E-state index contributed by atoms with van der Waals surface area (Å²) in [6.45, 7) is 3.13. The van der Waals surface area contributed by atoms with E-state index in [1.54, 1.807) is 6.26 Å². The molecule has 3 rings (SSSR count). The van der Waals surface area contributed by atoms with E-state index in [1.807, 2.05) is 23.9 Å². The van der Waals surface area contributed by atoms with Crippen LogP contribution in [0, 0.1) is 5.41 Å². The largest absolute Gasteiger partial charge is 0.467 e. The van der Waals surface area contributed by atoms with Gasteiger partial charge in [0.15, 0.2) is 5.17 Å². The smallest absolute Gasteiger partial charge is 0.157 e. The molecule has 2 heterocycles. The maximum absolute atomic E-state index is 5.42. The lowest BCUT2D eigenvalue weighted by molar-refractivity contribution is 0.232. The molecule has 1 saturated carbocycles. The number of nitrogens with zero attached hydrogens (tertiary/aromatic N) is 1. The lowest BCUT2D eigenvalue weighted by atomic mass is 9.75. The molecule has 104 valence electrons. The summed E-state index contributed by atoms with van der Waals surface area (Å²) >= 11 is 1.89. The topological polar surface area (TPSA) is 37.5 Å². The number of furan rings is 1. The zero-order valence-corrected chi connectivity index (χ0v) is 12.3. The van der Waals surface area contributed by atoms with E-state index in [0.29, 0.717) is 5.41 Å². The third-order valence-corrected chi connectivity index (χ3v) is 5.57. The van der Waals surface area contributed by atoms with E-state index in [4.69, 9.17) is 9.41 Å². The van der Waals surface area contributed by atoms with E-state index in [-0.39, 0.29) is 6.04 Å². The van der Waals surface area contributed by atoms with Crippen molar-refractivity contribution in [2.75, 3.05) is 12.3 Å². The van der Waals surface area contributed by atoms with E-state index in [9.17, 15) is 0 Å². The first kappa shape index (κ1) is 13.1. The van der Waals surface area contributed by atoms with Crippen LogP contribution in [0.1, 0.15) is 50.8 Å². The third-order valence-electron chi connectivity index (χ3n) is 4.30. The number of aliphatic imine (C=N–C) groups is 1. The Morgan fingerprint density at radius 2 is 2.21 bits per heavy atom. The van der Waals surface area contributed by atoms with Crippen molar-refractivity contribution >= 4 is 16.9 Å². The summed E-state index contributed by atoms with van der Waals surface area (Å²) in [7, 11) is 0. The van der Waals surface area contributed by atoms with Crippen molar-refractivity contribution in [3.63, 3.8) is 0 Å². The Morgan fingerprint density at radius 3 is 2.84 bits per heavy atom. The Hall–Kier alpha value is -0.900. The van der Waals surface area contributed by atoms with E-state index in [1.165, 1.54) is 37.9 Å². The molecule has 1 aromatic rings. The third kappa shape index (κ3) is 2.99. The summed E-state index contributed by atoms with van der Waals surface area (Å²) in [6.07, 6.45) is 8.65. The van der Waals surface area contributed by atoms with Gasteiger partial charge in [-0.2, -0.15) is 0 Å². The Morgan fingerprint density at radius 1 is 1.37 bits per heavy atom. The molecule has 0 amide bonds. The molecule has 4 heteroatoms. The molecule has 1 atom stereocenters. The van der Waals surface area contributed by atoms with Crippen LogP contribution in [-0.2, 0) is 0 Å². The average Bonchev–Trinajstić information content (AvgIpc) is 2.97. The molecular weight excluding hydrogens is 256 g/mol. The first-order valence-corrected chi connectivity index (χ1v) is 8.23. The summed E-state index contributed by atoms with van der Waals surface area (Å²) < 4.78 is 5.42. The fraction of sp³-hybridized carbons (Fsp3) is 0.667. The van der Waals surface area contributed by atoms with Crippen molar-refractivity contribution in [3.8, 4) is 0 Å². The van der Waals surface area contributed by atoms with E-state index >= 15 is 0 Å². The van der Waals surface area contributed by atoms with Gasteiger partial charge in [-0.1, -0.05) is 31.0 Å². The molecule has 1 unspecified atom stereocenters. The first-order chi connectivity index (χ1) is 9.27. The fourth-order valence-corrected chi connectivity index (χ4v) is 4.28. The molecule has 1 aliphatic heterocycles. The van der Waals surface area contributed by atoms with Crippen molar-refractivity contribution in [1.29, 1.82) is 0 Å². The van der Waals surface area contributed by atoms with Gasteiger partial charge in [-0.25, -0.2) is 0 Å². The van der Waals surface area contributed by atoms with Crippen LogP contribution in [-0.4, -0.2) is 17.5 Å². The van der Waals surface area contributed by atoms with Gasteiger partial charge >= 0.3 is 0 Å². The molecule has 2 aliphatic rings. The molecule has 0 bridgehead atoms. The summed E-state index contributed by atoms with van der Waals surface area (Å²) in [5.74, 6) is 2.20. The molecule has 1 aromatic heterocycles.